The molecule has 3 rings (SSSR count). The molecule has 0 bridgehead atoms. The molecule has 0 aliphatic heterocycles. The van der Waals surface area contributed by atoms with E-state index in [2.05, 4.69) is 52.9 Å². The van der Waals surface area contributed by atoms with Crippen molar-refractivity contribution in [3.8, 4) is 11.1 Å². The Morgan fingerprint density at radius 3 is 2.48 bits per heavy atom. The Bertz CT molecular complexity index is 923. The molecule has 0 fully saturated rings. The fourth-order valence-electron chi connectivity index (χ4n) is 2.67. The summed E-state index contributed by atoms with van der Waals surface area (Å²) in [6.45, 7) is 2.50. The summed E-state index contributed by atoms with van der Waals surface area (Å²) < 4.78 is 0. The van der Waals surface area contributed by atoms with Gasteiger partial charge in [0.15, 0.2) is 5.13 Å². The first-order valence-corrected chi connectivity index (χ1v) is 9.60. The molecule has 27 heavy (non-hydrogen) atoms. The summed E-state index contributed by atoms with van der Waals surface area (Å²) in [5.74, 6) is -0.355. The number of carbonyl (C=O) groups excluding carboxylic acids is 2. The Morgan fingerprint density at radius 1 is 1.00 bits per heavy atom. The van der Waals surface area contributed by atoms with E-state index in [0.29, 0.717) is 11.7 Å². The molecule has 0 spiro atoms. The summed E-state index contributed by atoms with van der Waals surface area (Å²) in [6.07, 6.45) is 1.90. The Kier molecular flexibility index (Phi) is 6.33. The van der Waals surface area contributed by atoms with Crippen LogP contribution in [-0.4, -0.2) is 16.8 Å². The van der Waals surface area contributed by atoms with Gasteiger partial charge < -0.3 is 10.6 Å². The standard InChI is InChI=1S/C21H21N3O2S/c1-15-4-2-6-17(12-15)18-7-3-5-16(13-18)14-23-19(25)8-9-20(26)24-21-22-10-11-27-21/h2-7,10-13H,8-9,14H2,1H3,(H,23,25)(H,22,24,26). The molecule has 0 atom stereocenters. The monoisotopic (exact) mass is 379 g/mol. The second-order valence-electron chi connectivity index (χ2n) is 6.23. The van der Waals surface area contributed by atoms with E-state index in [1.165, 1.54) is 16.9 Å². The Labute approximate surface area is 162 Å². The molecule has 0 unspecified atom stereocenters. The first kappa shape index (κ1) is 18.8. The number of aromatic nitrogens is 1. The van der Waals surface area contributed by atoms with Crippen molar-refractivity contribution < 1.29 is 9.59 Å². The van der Waals surface area contributed by atoms with E-state index in [1.807, 2.05) is 18.2 Å². The largest absolute Gasteiger partial charge is 0.352 e. The zero-order valence-corrected chi connectivity index (χ0v) is 15.9. The molecular formula is C21H21N3O2S. The van der Waals surface area contributed by atoms with E-state index in [1.54, 1.807) is 11.6 Å². The van der Waals surface area contributed by atoms with Crippen molar-refractivity contribution in [3.05, 3.63) is 71.2 Å². The molecule has 1 aromatic heterocycles. The van der Waals surface area contributed by atoms with Crippen LogP contribution in [0.5, 0.6) is 0 Å². The highest BCUT2D eigenvalue weighted by Crippen LogP contribution is 2.21. The number of anilines is 1. The number of nitrogens with zero attached hydrogens (tertiary/aromatic N) is 1. The second-order valence-corrected chi connectivity index (χ2v) is 7.13. The van der Waals surface area contributed by atoms with Crippen molar-refractivity contribution in [2.75, 3.05) is 5.32 Å². The maximum Gasteiger partial charge on any atom is 0.226 e. The van der Waals surface area contributed by atoms with Crippen LogP contribution in [0, 0.1) is 6.92 Å². The number of hydrogen-bond donors (Lipinski definition) is 2. The summed E-state index contributed by atoms with van der Waals surface area (Å²) >= 11 is 1.35. The lowest BCUT2D eigenvalue weighted by Gasteiger charge is -2.08. The van der Waals surface area contributed by atoms with Crippen LogP contribution in [0.2, 0.25) is 0 Å². The third kappa shape index (κ3) is 5.76. The van der Waals surface area contributed by atoms with Gasteiger partial charge in [0.1, 0.15) is 0 Å². The number of hydrogen-bond acceptors (Lipinski definition) is 4. The van der Waals surface area contributed by atoms with Gasteiger partial charge in [0.25, 0.3) is 0 Å². The predicted molar refractivity (Wildman–Crippen MR) is 108 cm³/mol. The number of rotatable bonds is 7. The lowest BCUT2D eigenvalue weighted by Crippen LogP contribution is -2.24. The first-order chi connectivity index (χ1) is 13.1. The number of carbonyl (C=O) groups is 2. The molecule has 1 heterocycles. The quantitative estimate of drug-likeness (QED) is 0.648. The zero-order chi connectivity index (χ0) is 19.1. The number of benzene rings is 2. The SMILES string of the molecule is Cc1cccc(-c2cccc(CNC(=O)CCC(=O)Nc3nccs3)c2)c1. The van der Waals surface area contributed by atoms with Crippen LogP contribution in [0.4, 0.5) is 5.13 Å². The van der Waals surface area contributed by atoms with Gasteiger partial charge in [0, 0.05) is 31.0 Å². The normalized spacial score (nSPS) is 10.4. The molecule has 6 heteroatoms. The number of nitrogens with one attached hydrogen (secondary N) is 2. The van der Waals surface area contributed by atoms with Crippen LogP contribution >= 0.6 is 11.3 Å². The first-order valence-electron chi connectivity index (χ1n) is 8.72. The third-order valence-electron chi connectivity index (χ3n) is 4.03. The van der Waals surface area contributed by atoms with E-state index in [0.717, 1.165) is 16.7 Å². The molecule has 2 N–H and O–H groups in total. The van der Waals surface area contributed by atoms with E-state index in [9.17, 15) is 9.59 Å². The Balaban J connectivity index is 1.49. The van der Waals surface area contributed by atoms with Crippen molar-refractivity contribution in [2.45, 2.75) is 26.3 Å². The van der Waals surface area contributed by atoms with E-state index in [-0.39, 0.29) is 24.7 Å². The molecule has 3 aromatic rings. The average Bonchev–Trinajstić information content (AvgIpc) is 3.18. The van der Waals surface area contributed by atoms with Gasteiger partial charge in [-0.15, -0.1) is 11.3 Å². The fourth-order valence-corrected chi connectivity index (χ4v) is 3.21. The molecule has 2 aromatic carbocycles. The van der Waals surface area contributed by atoms with E-state index in [4.69, 9.17) is 0 Å². The van der Waals surface area contributed by atoms with Crippen molar-refractivity contribution in [1.82, 2.24) is 10.3 Å². The van der Waals surface area contributed by atoms with Gasteiger partial charge in [-0.1, -0.05) is 48.0 Å². The van der Waals surface area contributed by atoms with Gasteiger partial charge in [-0.3, -0.25) is 9.59 Å². The van der Waals surface area contributed by atoms with Crippen LogP contribution < -0.4 is 10.6 Å². The van der Waals surface area contributed by atoms with Gasteiger partial charge in [0.2, 0.25) is 11.8 Å². The molecule has 0 radical (unpaired) electrons. The van der Waals surface area contributed by atoms with Crippen LogP contribution in [0.1, 0.15) is 24.0 Å². The molecular weight excluding hydrogens is 358 g/mol. The van der Waals surface area contributed by atoms with Gasteiger partial charge in [-0.05, 0) is 29.7 Å². The second kappa shape index (κ2) is 9.09. The predicted octanol–water partition coefficient (Wildman–Crippen LogP) is 4.15. The highest BCUT2D eigenvalue weighted by molar-refractivity contribution is 7.13. The minimum absolute atomic E-state index is 0.134. The van der Waals surface area contributed by atoms with Crippen molar-refractivity contribution in [1.29, 1.82) is 0 Å². The molecule has 0 saturated carbocycles. The topological polar surface area (TPSA) is 71.1 Å². The van der Waals surface area contributed by atoms with Crippen LogP contribution in [0.15, 0.2) is 60.1 Å². The smallest absolute Gasteiger partial charge is 0.226 e. The van der Waals surface area contributed by atoms with Crippen molar-refractivity contribution >= 4 is 28.3 Å². The van der Waals surface area contributed by atoms with Gasteiger partial charge in [0.05, 0.1) is 0 Å². The summed E-state index contributed by atoms with van der Waals surface area (Å²) in [4.78, 5) is 27.8. The van der Waals surface area contributed by atoms with Gasteiger partial charge in [-0.2, -0.15) is 0 Å². The highest BCUT2D eigenvalue weighted by Gasteiger charge is 2.08. The molecule has 138 valence electrons. The number of amides is 2. The summed E-state index contributed by atoms with van der Waals surface area (Å²) in [7, 11) is 0. The third-order valence-corrected chi connectivity index (χ3v) is 4.71. The Morgan fingerprint density at radius 2 is 1.74 bits per heavy atom. The maximum atomic E-state index is 12.0. The summed E-state index contributed by atoms with van der Waals surface area (Å²) in [5, 5.41) is 7.88. The average molecular weight is 379 g/mol. The van der Waals surface area contributed by atoms with E-state index >= 15 is 0 Å². The highest BCUT2D eigenvalue weighted by atomic mass is 32.1. The lowest BCUT2D eigenvalue weighted by atomic mass is 10.0. The summed E-state index contributed by atoms with van der Waals surface area (Å²) in [6, 6.07) is 16.4. The summed E-state index contributed by atoms with van der Waals surface area (Å²) in [5.41, 5.74) is 4.51. The van der Waals surface area contributed by atoms with Crippen molar-refractivity contribution in [3.63, 3.8) is 0 Å². The molecule has 0 saturated heterocycles. The van der Waals surface area contributed by atoms with Crippen molar-refractivity contribution in [2.24, 2.45) is 0 Å². The molecule has 2 amide bonds. The van der Waals surface area contributed by atoms with Crippen LogP contribution in [0.3, 0.4) is 0 Å². The Hall–Kier alpha value is -2.99. The lowest BCUT2D eigenvalue weighted by molar-refractivity contribution is -0.124. The van der Waals surface area contributed by atoms with Crippen LogP contribution in [-0.2, 0) is 16.1 Å². The van der Waals surface area contributed by atoms with Gasteiger partial charge in [-0.25, -0.2) is 4.98 Å². The molecule has 0 aliphatic rings. The fraction of sp³-hybridized carbons (Fsp3) is 0.190. The minimum atomic E-state index is -0.207. The molecule has 0 aliphatic carbocycles. The number of aryl methyl sites for hydroxylation is 1. The van der Waals surface area contributed by atoms with E-state index < -0.39 is 0 Å². The zero-order valence-electron chi connectivity index (χ0n) is 15.1. The number of thiazole rings is 1. The van der Waals surface area contributed by atoms with Crippen LogP contribution in [0.25, 0.3) is 11.1 Å². The minimum Gasteiger partial charge on any atom is -0.352 e. The molecule has 5 nitrogen and oxygen atoms in total. The van der Waals surface area contributed by atoms with Gasteiger partial charge >= 0.3 is 0 Å². The maximum absolute atomic E-state index is 12.0.